The smallest absolute Gasteiger partial charge is 0.340 e. The Balaban J connectivity index is 2.14. The number of carbonyl (C=O) groups is 2. The van der Waals surface area contributed by atoms with Gasteiger partial charge < -0.3 is 14.2 Å². The molecule has 0 atom stereocenters. The largest absolute Gasteiger partial charge is 0.490 e. The van der Waals surface area contributed by atoms with Gasteiger partial charge in [-0.1, -0.05) is 13.8 Å². The van der Waals surface area contributed by atoms with Gasteiger partial charge in [-0.3, -0.25) is 9.35 Å². The summed E-state index contributed by atoms with van der Waals surface area (Å²) in [5, 5.41) is 0. The lowest BCUT2D eigenvalue weighted by Crippen LogP contribution is -2.16. The van der Waals surface area contributed by atoms with Crippen molar-refractivity contribution in [3.63, 3.8) is 0 Å². The van der Waals surface area contributed by atoms with Gasteiger partial charge in [0, 0.05) is 10.5 Å². The number of hydrogen-bond acceptors (Lipinski definition) is 7. The fraction of sp³-hybridized carbons (Fsp3) is 0.333. The maximum Gasteiger partial charge on any atom is 0.340 e. The normalized spacial score (nSPS) is 11.4. The Morgan fingerprint density at radius 1 is 1.06 bits per heavy atom. The first kappa shape index (κ1) is 28.5. The average molecular weight is 814 g/mol. The molecule has 12 heteroatoms. The fourth-order valence-electron chi connectivity index (χ4n) is 2.86. The number of hydrogen-bond donors (Lipinski definition) is 1. The summed E-state index contributed by atoms with van der Waals surface area (Å²) in [4.78, 5) is 23.9. The predicted molar refractivity (Wildman–Crippen MR) is 147 cm³/mol. The van der Waals surface area contributed by atoms with Crippen LogP contribution < -0.4 is 9.47 Å². The molecular formula is C21H21I3O8S. The van der Waals surface area contributed by atoms with Crippen molar-refractivity contribution in [2.75, 3.05) is 13.2 Å². The van der Waals surface area contributed by atoms with E-state index in [0.717, 1.165) is 0 Å². The van der Waals surface area contributed by atoms with Crippen LogP contribution in [-0.2, 0) is 19.6 Å². The van der Waals surface area contributed by atoms with Crippen molar-refractivity contribution in [2.24, 2.45) is 0 Å². The van der Waals surface area contributed by atoms with Crippen LogP contribution in [0.4, 0.5) is 0 Å². The quantitative estimate of drug-likeness (QED) is 0.125. The van der Waals surface area contributed by atoms with Gasteiger partial charge in [0.15, 0.2) is 5.75 Å². The van der Waals surface area contributed by atoms with Crippen molar-refractivity contribution in [3.05, 3.63) is 45.6 Å². The minimum Gasteiger partial charge on any atom is -0.490 e. The molecule has 0 amide bonds. The molecule has 0 unspecified atom stereocenters. The summed E-state index contributed by atoms with van der Waals surface area (Å²) in [6, 6.07) is 4.66. The predicted octanol–water partition coefficient (Wildman–Crippen LogP) is 5.34. The molecule has 0 spiro atoms. The molecule has 2 aromatic rings. The maximum atomic E-state index is 12.7. The zero-order valence-corrected chi connectivity index (χ0v) is 25.4. The Bertz CT molecular complexity index is 1190. The Morgan fingerprint density at radius 2 is 1.70 bits per heavy atom. The number of carbonyl (C=O) groups excluding carboxylic acids is 2. The SMILES string of the molecule is CC(=O)Oc1c(I)cc(I)c(C(=O)OCCOc2cc(C(C)C)c(S(=O)(=O)O)cc2C)c1I. The molecule has 0 aromatic heterocycles. The molecule has 0 saturated heterocycles. The zero-order valence-electron chi connectivity index (χ0n) is 18.1. The third kappa shape index (κ3) is 7.38. The standard InChI is InChI=1S/C21H21I3O8S/c1-10(2)13-8-16(11(3)7-17(13)33(27,28)29)30-5-6-31-21(26)18-14(22)9-15(23)20(19(18)24)32-12(4)25/h7-10H,5-6H2,1-4H3,(H,27,28,29). The molecule has 0 bridgehead atoms. The second-order valence-corrected chi connectivity index (χ2v) is 12.0. The molecule has 2 rings (SSSR count). The van der Waals surface area contributed by atoms with Gasteiger partial charge in [0.25, 0.3) is 10.1 Å². The van der Waals surface area contributed by atoms with E-state index in [1.54, 1.807) is 32.9 Å². The van der Waals surface area contributed by atoms with Gasteiger partial charge in [-0.05, 0) is 110 Å². The summed E-state index contributed by atoms with van der Waals surface area (Å²) in [6.45, 7) is 6.53. The lowest BCUT2D eigenvalue weighted by molar-refractivity contribution is -0.132. The Kier molecular flexibility index (Phi) is 10.2. The van der Waals surface area contributed by atoms with Crippen LogP contribution in [0.25, 0.3) is 0 Å². The van der Waals surface area contributed by atoms with Crippen molar-refractivity contribution in [1.29, 1.82) is 0 Å². The van der Waals surface area contributed by atoms with Gasteiger partial charge in [-0.2, -0.15) is 8.42 Å². The molecule has 33 heavy (non-hydrogen) atoms. The van der Waals surface area contributed by atoms with E-state index in [2.05, 4.69) is 0 Å². The highest BCUT2D eigenvalue weighted by molar-refractivity contribution is 14.1. The number of halogens is 3. The van der Waals surface area contributed by atoms with Crippen LogP contribution in [-0.4, -0.2) is 38.1 Å². The molecule has 0 saturated carbocycles. The fourth-order valence-corrected chi connectivity index (χ4v) is 7.81. The summed E-state index contributed by atoms with van der Waals surface area (Å²) < 4.78 is 51.0. The lowest BCUT2D eigenvalue weighted by atomic mass is 10.0. The van der Waals surface area contributed by atoms with Crippen molar-refractivity contribution >= 4 is 89.8 Å². The maximum absolute atomic E-state index is 12.7. The number of rotatable bonds is 8. The van der Waals surface area contributed by atoms with E-state index in [1.165, 1.54) is 13.0 Å². The van der Waals surface area contributed by atoms with Gasteiger partial charge in [0.05, 0.1) is 17.6 Å². The van der Waals surface area contributed by atoms with Crippen LogP contribution in [0, 0.1) is 17.6 Å². The van der Waals surface area contributed by atoms with Gasteiger partial charge in [0.2, 0.25) is 0 Å². The lowest BCUT2D eigenvalue weighted by Gasteiger charge is -2.16. The highest BCUT2D eigenvalue weighted by atomic mass is 127. The molecule has 0 aliphatic rings. The van der Waals surface area contributed by atoms with E-state index < -0.39 is 22.1 Å². The molecule has 0 heterocycles. The number of aryl methyl sites for hydroxylation is 1. The molecule has 2 aromatic carbocycles. The Morgan fingerprint density at radius 3 is 2.24 bits per heavy atom. The van der Waals surface area contributed by atoms with Gasteiger partial charge >= 0.3 is 11.9 Å². The summed E-state index contributed by atoms with van der Waals surface area (Å²) in [6.07, 6.45) is 0. The molecule has 0 fully saturated rings. The van der Waals surface area contributed by atoms with Crippen LogP contribution in [0.2, 0.25) is 0 Å². The van der Waals surface area contributed by atoms with E-state index in [0.29, 0.717) is 38.9 Å². The summed E-state index contributed by atoms with van der Waals surface area (Å²) in [5.41, 5.74) is 1.24. The van der Waals surface area contributed by atoms with Crippen LogP contribution in [0.15, 0.2) is 23.1 Å². The van der Waals surface area contributed by atoms with Crippen LogP contribution >= 0.6 is 67.8 Å². The number of ether oxygens (including phenoxy) is 3. The second kappa shape index (κ2) is 11.8. The van der Waals surface area contributed by atoms with Crippen molar-refractivity contribution in [2.45, 2.75) is 38.5 Å². The van der Waals surface area contributed by atoms with Gasteiger partial charge in [-0.15, -0.1) is 0 Å². The highest BCUT2D eigenvalue weighted by Crippen LogP contribution is 2.34. The highest BCUT2D eigenvalue weighted by Gasteiger charge is 2.23. The number of benzene rings is 2. The first-order valence-electron chi connectivity index (χ1n) is 9.51. The molecule has 8 nitrogen and oxygen atoms in total. The summed E-state index contributed by atoms with van der Waals surface area (Å²) >= 11 is 6.00. The summed E-state index contributed by atoms with van der Waals surface area (Å²) in [7, 11) is -4.37. The van der Waals surface area contributed by atoms with Crippen molar-refractivity contribution in [1.82, 2.24) is 0 Å². The van der Waals surface area contributed by atoms with Crippen LogP contribution in [0.1, 0.15) is 48.2 Å². The minimum atomic E-state index is -4.37. The first-order valence-corrected chi connectivity index (χ1v) is 14.2. The summed E-state index contributed by atoms with van der Waals surface area (Å²) in [5.74, 6) is -0.505. The Labute approximate surface area is 233 Å². The molecular weight excluding hydrogens is 793 g/mol. The zero-order chi connectivity index (χ0) is 25.1. The minimum absolute atomic E-state index is 0.0314. The van der Waals surface area contributed by atoms with E-state index in [9.17, 15) is 22.6 Å². The van der Waals surface area contributed by atoms with Gasteiger partial charge in [0.1, 0.15) is 19.0 Å². The second-order valence-electron chi connectivity index (χ2n) is 7.22. The molecule has 0 aliphatic heterocycles. The van der Waals surface area contributed by atoms with E-state index in [-0.39, 0.29) is 24.0 Å². The van der Waals surface area contributed by atoms with Gasteiger partial charge in [-0.25, -0.2) is 4.79 Å². The van der Waals surface area contributed by atoms with Crippen molar-refractivity contribution in [3.8, 4) is 11.5 Å². The molecule has 180 valence electrons. The van der Waals surface area contributed by atoms with E-state index >= 15 is 0 Å². The molecule has 0 radical (unpaired) electrons. The van der Waals surface area contributed by atoms with Crippen LogP contribution in [0.3, 0.4) is 0 Å². The van der Waals surface area contributed by atoms with Crippen LogP contribution in [0.5, 0.6) is 11.5 Å². The molecule has 0 aliphatic carbocycles. The average Bonchev–Trinajstić information content (AvgIpc) is 2.67. The molecule has 1 N–H and O–H groups in total. The Hall–Kier alpha value is -0.720. The number of esters is 2. The monoisotopic (exact) mass is 814 g/mol. The van der Waals surface area contributed by atoms with Crippen molar-refractivity contribution < 1.29 is 36.8 Å². The third-order valence-corrected chi connectivity index (χ3v) is 7.95. The topological polar surface area (TPSA) is 116 Å². The third-order valence-electron chi connectivity index (χ3n) is 4.36. The van der Waals surface area contributed by atoms with E-state index in [1.807, 2.05) is 67.8 Å². The van der Waals surface area contributed by atoms with E-state index in [4.69, 9.17) is 14.2 Å². The first-order chi connectivity index (χ1) is 15.2.